The molecule has 0 aromatic carbocycles. The molecule has 2 rings (SSSR count). The number of hydrogen-bond donors (Lipinski definition) is 1. The molecule has 0 bridgehead atoms. The van der Waals surface area contributed by atoms with Gasteiger partial charge in [-0.25, -0.2) is 9.97 Å². The monoisotopic (exact) mass is 243 g/mol. The minimum atomic E-state index is 0. The standard InChI is InChI=1S/C11H17N3O.ClH/c1-2-6-12-10(4-1)5-9-15-11-13-7-3-8-14-11;/h3,7-8,10,12H,1-2,4-6,9H2;1H. The highest BCUT2D eigenvalue weighted by molar-refractivity contribution is 5.85. The topological polar surface area (TPSA) is 47.0 Å². The highest BCUT2D eigenvalue weighted by Gasteiger charge is 2.12. The summed E-state index contributed by atoms with van der Waals surface area (Å²) < 4.78 is 5.45. The van der Waals surface area contributed by atoms with Crippen molar-refractivity contribution < 1.29 is 4.74 Å². The maximum absolute atomic E-state index is 5.45. The van der Waals surface area contributed by atoms with E-state index in [-0.39, 0.29) is 12.4 Å². The summed E-state index contributed by atoms with van der Waals surface area (Å²) in [4.78, 5) is 8.02. The molecular weight excluding hydrogens is 226 g/mol. The van der Waals surface area contributed by atoms with Gasteiger partial charge in [-0.3, -0.25) is 0 Å². The van der Waals surface area contributed by atoms with E-state index in [0.29, 0.717) is 18.7 Å². The van der Waals surface area contributed by atoms with E-state index in [9.17, 15) is 0 Å². The molecule has 1 unspecified atom stereocenters. The Balaban J connectivity index is 0.00000128. The summed E-state index contributed by atoms with van der Waals surface area (Å²) >= 11 is 0. The summed E-state index contributed by atoms with van der Waals surface area (Å²) in [6.45, 7) is 1.84. The fourth-order valence-electron chi connectivity index (χ4n) is 1.82. The van der Waals surface area contributed by atoms with E-state index in [2.05, 4.69) is 15.3 Å². The molecule has 1 fully saturated rings. The molecule has 0 radical (unpaired) electrons. The number of nitrogens with zero attached hydrogens (tertiary/aromatic N) is 2. The van der Waals surface area contributed by atoms with Crippen molar-refractivity contribution in [1.29, 1.82) is 0 Å². The lowest BCUT2D eigenvalue weighted by atomic mass is 10.0. The summed E-state index contributed by atoms with van der Waals surface area (Å²) in [5, 5.41) is 3.48. The quantitative estimate of drug-likeness (QED) is 0.876. The molecule has 1 aromatic rings. The molecule has 0 amide bonds. The van der Waals surface area contributed by atoms with Crippen molar-refractivity contribution in [2.24, 2.45) is 0 Å². The highest BCUT2D eigenvalue weighted by atomic mass is 35.5. The molecular formula is C11H18ClN3O. The van der Waals surface area contributed by atoms with Crippen molar-refractivity contribution in [2.45, 2.75) is 31.7 Å². The first-order valence-electron chi connectivity index (χ1n) is 5.58. The Hall–Kier alpha value is -0.870. The molecule has 16 heavy (non-hydrogen) atoms. The first kappa shape index (κ1) is 13.2. The molecule has 4 nitrogen and oxygen atoms in total. The van der Waals surface area contributed by atoms with Crippen molar-refractivity contribution >= 4 is 12.4 Å². The Kier molecular flexibility index (Phi) is 6.11. The van der Waals surface area contributed by atoms with Crippen molar-refractivity contribution in [1.82, 2.24) is 15.3 Å². The van der Waals surface area contributed by atoms with E-state index in [1.54, 1.807) is 18.5 Å². The van der Waals surface area contributed by atoms with Crippen LogP contribution in [0.5, 0.6) is 6.01 Å². The van der Waals surface area contributed by atoms with Crippen molar-refractivity contribution in [2.75, 3.05) is 13.2 Å². The number of halogens is 1. The van der Waals surface area contributed by atoms with Gasteiger partial charge in [0.05, 0.1) is 6.61 Å². The molecule has 0 spiro atoms. The average Bonchev–Trinajstić information content (AvgIpc) is 2.32. The van der Waals surface area contributed by atoms with Crippen molar-refractivity contribution in [3.63, 3.8) is 0 Å². The third kappa shape index (κ3) is 4.33. The van der Waals surface area contributed by atoms with E-state index in [4.69, 9.17) is 4.74 Å². The van der Waals surface area contributed by atoms with Gasteiger partial charge in [0, 0.05) is 18.4 Å². The third-order valence-electron chi connectivity index (χ3n) is 2.65. The van der Waals surface area contributed by atoms with Crippen LogP contribution in [0, 0.1) is 0 Å². The number of aromatic nitrogens is 2. The summed E-state index contributed by atoms with van der Waals surface area (Å²) in [5.41, 5.74) is 0. The minimum absolute atomic E-state index is 0. The van der Waals surface area contributed by atoms with Crippen LogP contribution < -0.4 is 10.1 Å². The summed E-state index contributed by atoms with van der Waals surface area (Å²) in [6, 6.07) is 2.88. The maximum Gasteiger partial charge on any atom is 0.316 e. The lowest BCUT2D eigenvalue weighted by Crippen LogP contribution is -2.35. The third-order valence-corrected chi connectivity index (χ3v) is 2.65. The zero-order valence-electron chi connectivity index (χ0n) is 9.26. The van der Waals surface area contributed by atoms with Crippen LogP contribution >= 0.6 is 12.4 Å². The van der Waals surface area contributed by atoms with Gasteiger partial charge in [-0.05, 0) is 31.9 Å². The summed E-state index contributed by atoms with van der Waals surface area (Å²) in [7, 11) is 0. The molecule has 1 atom stereocenters. The first-order valence-corrected chi connectivity index (χ1v) is 5.58. The van der Waals surface area contributed by atoms with E-state index in [1.807, 2.05) is 0 Å². The van der Waals surface area contributed by atoms with Crippen molar-refractivity contribution in [3.05, 3.63) is 18.5 Å². The number of hydrogen-bond acceptors (Lipinski definition) is 4. The predicted molar refractivity (Wildman–Crippen MR) is 65.0 cm³/mol. The van der Waals surface area contributed by atoms with Crippen molar-refractivity contribution in [3.8, 4) is 6.01 Å². The number of rotatable bonds is 4. The average molecular weight is 244 g/mol. The van der Waals surface area contributed by atoms with Crippen LogP contribution in [-0.4, -0.2) is 29.2 Å². The van der Waals surface area contributed by atoms with Gasteiger partial charge in [-0.2, -0.15) is 0 Å². The normalized spacial score (nSPS) is 19.9. The SMILES string of the molecule is Cl.c1cnc(OCCC2CCCCN2)nc1. The number of nitrogens with one attached hydrogen (secondary N) is 1. The maximum atomic E-state index is 5.45. The van der Waals surface area contributed by atoms with Crippen LogP contribution in [-0.2, 0) is 0 Å². The Bertz CT molecular complexity index is 278. The van der Waals surface area contributed by atoms with Gasteiger partial charge in [-0.1, -0.05) is 6.42 Å². The van der Waals surface area contributed by atoms with Crippen LogP contribution in [0.25, 0.3) is 0 Å². The summed E-state index contributed by atoms with van der Waals surface area (Å²) in [6.07, 6.45) is 8.33. The minimum Gasteiger partial charge on any atom is -0.463 e. The fraction of sp³-hybridized carbons (Fsp3) is 0.636. The predicted octanol–water partition coefficient (Wildman–Crippen LogP) is 1.81. The van der Waals surface area contributed by atoms with Gasteiger partial charge in [0.2, 0.25) is 0 Å². The second kappa shape index (κ2) is 7.41. The molecule has 0 saturated carbocycles. The number of piperidine rings is 1. The molecule has 2 heterocycles. The smallest absolute Gasteiger partial charge is 0.316 e. The van der Waals surface area contributed by atoms with E-state index in [1.165, 1.54) is 19.3 Å². The lowest BCUT2D eigenvalue weighted by molar-refractivity contribution is 0.252. The van der Waals surface area contributed by atoms with Crippen LogP contribution in [0.15, 0.2) is 18.5 Å². The largest absolute Gasteiger partial charge is 0.463 e. The first-order chi connectivity index (χ1) is 7.45. The van der Waals surface area contributed by atoms with E-state index in [0.717, 1.165) is 13.0 Å². The lowest BCUT2D eigenvalue weighted by Gasteiger charge is -2.22. The molecule has 1 aliphatic rings. The van der Waals surface area contributed by atoms with Crippen LogP contribution in [0.1, 0.15) is 25.7 Å². The van der Waals surface area contributed by atoms with Gasteiger partial charge in [-0.15, -0.1) is 12.4 Å². The zero-order chi connectivity index (χ0) is 10.3. The molecule has 1 aromatic heterocycles. The number of ether oxygens (including phenoxy) is 1. The Morgan fingerprint density at radius 3 is 2.81 bits per heavy atom. The summed E-state index contributed by atoms with van der Waals surface area (Å²) in [5.74, 6) is 0. The highest BCUT2D eigenvalue weighted by Crippen LogP contribution is 2.10. The Morgan fingerprint density at radius 2 is 2.12 bits per heavy atom. The van der Waals surface area contributed by atoms with Crippen LogP contribution in [0.2, 0.25) is 0 Å². The second-order valence-corrected chi connectivity index (χ2v) is 3.82. The molecule has 1 N–H and O–H groups in total. The molecule has 1 aliphatic heterocycles. The fourth-order valence-corrected chi connectivity index (χ4v) is 1.82. The van der Waals surface area contributed by atoms with Crippen LogP contribution in [0.3, 0.4) is 0 Å². The van der Waals surface area contributed by atoms with Gasteiger partial charge in [0.25, 0.3) is 0 Å². The van der Waals surface area contributed by atoms with E-state index < -0.39 is 0 Å². The molecule has 1 saturated heterocycles. The molecule has 90 valence electrons. The van der Waals surface area contributed by atoms with Gasteiger partial charge >= 0.3 is 6.01 Å². The van der Waals surface area contributed by atoms with Gasteiger partial charge < -0.3 is 10.1 Å². The Morgan fingerprint density at radius 1 is 1.31 bits per heavy atom. The van der Waals surface area contributed by atoms with Gasteiger partial charge in [0.15, 0.2) is 0 Å². The molecule has 0 aliphatic carbocycles. The zero-order valence-corrected chi connectivity index (χ0v) is 10.1. The van der Waals surface area contributed by atoms with Crippen LogP contribution in [0.4, 0.5) is 0 Å². The Labute approximate surface area is 102 Å². The van der Waals surface area contributed by atoms with E-state index >= 15 is 0 Å². The molecule has 5 heteroatoms. The van der Waals surface area contributed by atoms with Gasteiger partial charge in [0.1, 0.15) is 0 Å². The second-order valence-electron chi connectivity index (χ2n) is 3.82.